The minimum absolute atomic E-state index is 0.195. The zero-order valence-electron chi connectivity index (χ0n) is 15.5. The van der Waals surface area contributed by atoms with Gasteiger partial charge in [-0.3, -0.25) is 9.78 Å². The molecule has 2 aromatic carbocycles. The van der Waals surface area contributed by atoms with Crippen LogP contribution >= 0.6 is 15.9 Å². The molecule has 0 aliphatic heterocycles. The number of hydrogen-bond donors (Lipinski definition) is 2. The van der Waals surface area contributed by atoms with Crippen molar-refractivity contribution in [1.82, 2.24) is 9.97 Å². The molecule has 3 aromatic rings. The van der Waals surface area contributed by atoms with Gasteiger partial charge in [-0.2, -0.15) is 5.10 Å². The van der Waals surface area contributed by atoms with Crippen LogP contribution in [0.3, 0.4) is 0 Å². The Morgan fingerprint density at radius 3 is 2.82 bits per heavy atom. The van der Waals surface area contributed by atoms with Crippen molar-refractivity contribution in [3.05, 3.63) is 86.2 Å². The topological polar surface area (TPSA) is 79.4 Å². The zero-order valence-corrected chi connectivity index (χ0v) is 17.1. The standard InChI is InChI=1S/C21H21BrN4O2/c1-2-4-18-12-20(27)25-21(24-18)26-23-13-16-5-3-6-19(11-16)28-14-15-7-9-17(22)10-8-15/h3,5-13H,2,4,14H2,1H3,(H2,24,25,26,27)/b23-13+. The lowest BCUT2D eigenvalue weighted by molar-refractivity contribution is 0.306. The smallest absolute Gasteiger partial charge is 0.252 e. The number of aromatic amines is 1. The lowest BCUT2D eigenvalue weighted by Crippen LogP contribution is -2.11. The zero-order chi connectivity index (χ0) is 19.8. The van der Waals surface area contributed by atoms with Gasteiger partial charge in [0, 0.05) is 16.2 Å². The number of benzene rings is 2. The Balaban J connectivity index is 1.61. The molecule has 0 saturated heterocycles. The highest BCUT2D eigenvalue weighted by atomic mass is 79.9. The molecule has 1 aromatic heterocycles. The van der Waals surface area contributed by atoms with Crippen LogP contribution in [0.2, 0.25) is 0 Å². The average molecular weight is 441 g/mol. The maximum Gasteiger partial charge on any atom is 0.252 e. The molecule has 0 unspecified atom stereocenters. The molecule has 0 amide bonds. The molecule has 6 nitrogen and oxygen atoms in total. The minimum Gasteiger partial charge on any atom is -0.489 e. The number of aryl methyl sites for hydroxylation is 1. The summed E-state index contributed by atoms with van der Waals surface area (Å²) in [5.74, 6) is 1.08. The summed E-state index contributed by atoms with van der Waals surface area (Å²) < 4.78 is 6.88. The summed E-state index contributed by atoms with van der Waals surface area (Å²) in [6.07, 6.45) is 3.32. The van der Waals surface area contributed by atoms with Crippen LogP contribution in [-0.2, 0) is 13.0 Å². The van der Waals surface area contributed by atoms with Gasteiger partial charge in [0.05, 0.1) is 6.21 Å². The Kier molecular flexibility index (Phi) is 6.97. The van der Waals surface area contributed by atoms with Crippen molar-refractivity contribution < 1.29 is 4.74 Å². The second-order valence-corrected chi connectivity index (χ2v) is 7.11. The molecule has 0 radical (unpaired) electrons. The van der Waals surface area contributed by atoms with Crippen LogP contribution in [0, 0.1) is 0 Å². The summed E-state index contributed by atoms with van der Waals surface area (Å²) in [4.78, 5) is 18.6. The Bertz CT molecular complexity index is 1000. The fourth-order valence-corrected chi connectivity index (χ4v) is 2.81. The van der Waals surface area contributed by atoms with E-state index in [0.717, 1.165) is 39.9 Å². The predicted molar refractivity (Wildman–Crippen MR) is 115 cm³/mol. The van der Waals surface area contributed by atoms with E-state index < -0.39 is 0 Å². The second-order valence-electron chi connectivity index (χ2n) is 6.19. The van der Waals surface area contributed by atoms with Crippen LogP contribution in [0.25, 0.3) is 0 Å². The van der Waals surface area contributed by atoms with Crippen molar-refractivity contribution >= 4 is 28.1 Å². The third kappa shape index (κ3) is 6.06. The fourth-order valence-electron chi connectivity index (χ4n) is 2.54. The molecule has 7 heteroatoms. The van der Waals surface area contributed by atoms with Crippen LogP contribution in [0.15, 0.2) is 69.0 Å². The number of aromatic nitrogens is 2. The normalized spacial score (nSPS) is 10.9. The fraction of sp³-hybridized carbons (Fsp3) is 0.190. The largest absolute Gasteiger partial charge is 0.489 e. The van der Waals surface area contributed by atoms with Crippen LogP contribution in [-0.4, -0.2) is 16.2 Å². The third-order valence-electron chi connectivity index (χ3n) is 3.86. The number of nitrogens with one attached hydrogen (secondary N) is 2. The highest BCUT2D eigenvalue weighted by molar-refractivity contribution is 9.10. The second kappa shape index (κ2) is 9.85. The molecule has 3 rings (SSSR count). The van der Waals surface area contributed by atoms with Crippen molar-refractivity contribution in [3.63, 3.8) is 0 Å². The van der Waals surface area contributed by atoms with Gasteiger partial charge in [-0.15, -0.1) is 0 Å². The summed E-state index contributed by atoms with van der Waals surface area (Å²) in [5.41, 5.74) is 5.28. The number of anilines is 1. The predicted octanol–water partition coefficient (Wildman–Crippen LogP) is 4.51. The molecule has 0 saturated carbocycles. The van der Waals surface area contributed by atoms with Gasteiger partial charge in [0.1, 0.15) is 12.4 Å². The summed E-state index contributed by atoms with van der Waals surface area (Å²) >= 11 is 3.42. The van der Waals surface area contributed by atoms with Crippen molar-refractivity contribution in [2.24, 2.45) is 5.10 Å². The molecular weight excluding hydrogens is 420 g/mol. The van der Waals surface area contributed by atoms with Gasteiger partial charge >= 0.3 is 0 Å². The lowest BCUT2D eigenvalue weighted by Gasteiger charge is -2.07. The molecule has 2 N–H and O–H groups in total. The number of nitrogens with zero attached hydrogens (tertiary/aromatic N) is 2. The minimum atomic E-state index is -0.195. The van der Waals surface area contributed by atoms with Crippen molar-refractivity contribution in [1.29, 1.82) is 0 Å². The number of rotatable bonds is 8. The van der Waals surface area contributed by atoms with E-state index in [0.29, 0.717) is 12.6 Å². The SMILES string of the molecule is CCCc1cc(=O)[nH]c(N/N=C/c2cccc(OCc3ccc(Br)cc3)c2)n1. The maximum atomic E-state index is 11.7. The summed E-state index contributed by atoms with van der Waals surface area (Å²) in [7, 11) is 0. The first-order chi connectivity index (χ1) is 13.6. The molecule has 0 bridgehead atoms. The molecule has 0 fully saturated rings. The van der Waals surface area contributed by atoms with Gasteiger partial charge in [0.15, 0.2) is 0 Å². The van der Waals surface area contributed by atoms with E-state index in [1.165, 1.54) is 6.07 Å². The number of halogens is 1. The number of hydrazone groups is 1. The molecule has 0 aliphatic carbocycles. The lowest BCUT2D eigenvalue weighted by atomic mass is 10.2. The first-order valence-electron chi connectivity index (χ1n) is 8.99. The Morgan fingerprint density at radius 1 is 1.21 bits per heavy atom. The number of ether oxygens (including phenoxy) is 1. The highest BCUT2D eigenvalue weighted by Crippen LogP contribution is 2.16. The van der Waals surface area contributed by atoms with Crippen molar-refractivity contribution in [3.8, 4) is 5.75 Å². The monoisotopic (exact) mass is 440 g/mol. The average Bonchev–Trinajstić information content (AvgIpc) is 2.68. The van der Waals surface area contributed by atoms with E-state index >= 15 is 0 Å². The molecule has 1 heterocycles. The van der Waals surface area contributed by atoms with Crippen LogP contribution < -0.4 is 15.7 Å². The summed E-state index contributed by atoms with van der Waals surface area (Å²) in [5, 5.41) is 4.15. The quantitative estimate of drug-likeness (QED) is 0.398. The molecule has 0 aliphatic rings. The van der Waals surface area contributed by atoms with Crippen molar-refractivity contribution in [2.75, 3.05) is 5.43 Å². The van der Waals surface area contributed by atoms with Gasteiger partial charge in [-0.05, 0) is 41.8 Å². The van der Waals surface area contributed by atoms with Crippen molar-refractivity contribution in [2.45, 2.75) is 26.4 Å². The van der Waals surface area contributed by atoms with Crippen LogP contribution in [0.4, 0.5) is 5.95 Å². The Labute approximate surface area is 171 Å². The molecule has 144 valence electrons. The van der Waals surface area contributed by atoms with E-state index in [-0.39, 0.29) is 5.56 Å². The molecule has 28 heavy (non-hydrogen) atoms. The van der Waals surface area contributed by atoms with Gasteiger partial charge in [0.25, 0.3) is 5.56 Å². The van der Waals surface area contributed by atoms with E-state index in [1.54, 1.807) is 6.21 Å². The first-order valence-corrected chi connectivity index (χ1v) is 9.78. The first kappa shape index (κ1) is 19.8. The molecule has 0 atom stereocenters. The maximum absolute atomic E-state index is 11.7. The summed E-state index contributed by atoms with van der Waals surface area (Å²) in [6.45, 7) is 2.53. The highest BCUT2D eigenvalue weighted by Gasteiger charge is 2.00. The van der Waals surface area contributed by atoms with Gasteiger partial charge in [0.2, 0.25) is 5.95 Å². The summed E-state index contributed by atoms with van der Waals surface area (Å²) in [6, 6.07) is 17.1. The Morgan fingerprint density at radius 2 is 2.04 bits per heavy atom. The van der Waals surface area contributed by atoms with Crippen LogP contribution in [0.1, 0.15) is 30.2 Å². The van der Waals surface area contributed by atoms with Gasteiger partial charge in [-0.1, -0.05) is 53.5 Å². The van der Waals surface area contributed by atoms with E-state index in [9.17, 15) is 4.79 Å². The van der Waals surface area contributed by atoms with E-state index in [2.05, 4.69) is 36.4 Å². The van der Waals surface area contributed by atoms with E-state index in [4.69, 9.17) is 4.74 Å². The van der Waals surface area contributed by atoms with Crippen LogP contribution in [0.5, 0.6) is 5.75 Å². The van der Waals surface area contributed by atoms with Gasteiger partial charge < -0.3 is 4.74 Å². The van der Waals surface area contributed by atoms with E-state index in [1.807, 2.05) is 55.5 Å². The molecular formula is C21H21BrN4O2. The Hall–Kier alpha value is -2.93. The number of H-pyrrole nitrogens is 1. The van der Waals surface area contributed by atoms with Gasteiger partial charge in [-0.25, -0.2) is 10.4 Å². The number of hydrogen-bond acceptors (Lipinski definition) is 5. The molecule has 0 spiro atoms. The third-order valence-corrected chi connectivity index (χ3v) is 4.39.